The molecule has 0 atom stereocenters. The molecule has 2 rings (SSSR count). The van der Waals surface area contributed by atoms with Crippen molar-refractivity contribution in [3.63, 3.8) is 0 Å². The van der Waals surface area contributed by atoms with Gasteiger partial charge in [0.1, 0.15) is 0 Å². The van der Waals surface area contributed by atoms with Crippen LogP contribution in [0, 0.1) is 0 Å². The molecule has 0 spiro atoms. The Bertz CT molecular complexity index is 648. The Morgan fingerprint density at radius 1 is 1.13 bits per heavy atom. The molecule has 2 amide bonds. The highest BCUT2D eigenvalue weighted by atomic mass is 16.3. The summed E-state index contributed by atoms with van der Waals surface area (Å²) in [5, 5.41) is 5.66. The quantitative estimate of drug-likeness (QED) is 0.768. The maximum atomic E-state index is 12.0. The van der Waals surface area contributed by atoms with E-state index in [4.69, 9.17) is 4.42 Å². The Hall–Kier alpha value is -2.56. The maximum absolute atomic E-state index is 12.0. The lowest BCUT2D eigenvalue weighted by Gasteiger charge is -2.13. The van der Waals surface area contributed by atoms with Crippen LogP contribution in [-0.2, 0) is 4.79 Å². The summed E-state index contributed by atoms with van der Waals surface area (Å²) in [6.45, 7) is 4.61. The second-order valence-corrected chi connectivity index (χ2v) is 5.63. The molecule has 0 radical (unpaired) electrons. The van der Waals surface area contributed by atoms with Gasteiger partial charge in [0.05, 0.1) is 6.26 Å². The Morgan fingerprint density at radius 2 is 1.91 bits per heavy atom. The van der Waals surface area contributed by atoms with E-state index < -0.39 is 0 Å². The van der Waals surface area contributed by atoms with Crippen LogP contribution >= 0.6 is 0 Å². The van der Waals surface area contributed by atoms with Crippen molar-refractivity contribution in [3.8, 4) is 0 Å². The molecule has 2 N–H and O–H groups in total. The number of anilines is 1. The average molecular weight is 314 g/mol. The molecular weight excluding hydrogens is 292 g/mol. The van der Waals surface area contributed by atoms with Crippen molar-refractivity contribution in [2.75, 3.05) is 11.9 Å². The van der Waals surface area contributed by atoms with Crippen LogP contribution in [0.4, 0.5) is 5.69 Å². The fourth-order valence-corrected chi connectivity index (χ4v) is 2.27. The van der Waals surface area contributed by atoms with Crippen molar-refractivity contribution in [1.82, 2.24) is 5.32 Å². The fourth-order valence-electron chi connectivity index (χ4n) is 2.27. The lowest BCUT2D eigenvalue weighted by Crippen LogP contribution is -2.25. The van der Waals surface area contributed by atoms with E-state index in [9.17, 15) is 9.59 Å². The van der Waals surface area contributed by atoms with Crippen molar-refractivity contribution in [2.24, 2.45) is 0 Å². The van der Waals surface area contributed by atoms with Crippen molar-refractivity contribution < 1.29 is 14.0 Å². The van der Waals surface area contributed by atoms with Crippen LogP contribution in [0.15, 0.2) is 47.1 Å². The molecule has 0 saturated carbocycles. The first-order valence-electron chi connectivity index (χ1n) is 7.78. The van der Waals surface area contributed by atoms with Gasteiger partial charge in [0.15, 0.2) is 5.76 Å². The molecule has 0 aliphatic rings. The zero-order chi connectivity index (χ0) is 16.7. The van der Waals surface area contributed by atoms with Crippen molar-refractivity contribution in [1.29, 1.82) is 0 Å². The molecule has 0 bridgehead atoms. The van der Waals surface area contributed by atoms with Gasteiger partial charge in [-0.25, -0.2) is 0 Å². The van der Waals surface area contributed by atoms with Crippen LogP contribution in [0.5, 0.6) is 0 Å². The fraction of sp³-hybridized carbons (Fsp3) is 0.333. The molecule has 1 heterocycles. The number of amides is 2. The zero-order valence-electron chi connectivity index (χ0n) is 13.5. The standard InChI is InChI=1S/C18H22N2O3/c1-13(2)14-7-3-4-8-15(14)20-17(21)10-5-11-19-18(22)16-9-6-12-23-16/h3-4,6-9,12-13H,5,10-11H2,1-2H3,(H,19,22)(H,20,21). The van der Waals surface area contributed by atoms with Gasteiger partial charge >= 0.3 is 0 Å². The number of benzene rings is 1. The minimum absolute atomic E-state index is 0.0506. The Kier molecular flexibility index (Phi) is 5.97. The largest absolute Gasteiger partial charge is 0.459 e. The molecule has 0 aliphatic carbocycles. The lowest BCUT2D eigenvalue weighted by atomic mass is 10.0. The monoisotopic (exact) mass is 314 g/mol. The van der Waals surface area contributed by atoms with Gasteiger partial charge in [-0.2, -0.15) is 0 Å². The smallest absolute Gasteiger partial charge is 0.286 e. The number of rotatable bonds is 7. The number of hydrogen-bond acceptors (Lipinski definition) is 3. The van der Waals surface area contributed by atoms with Gasteiger partial charge in [0.2, 0.25) is 5.91 Å². The molecule has 0 saturated heterocycles. The summed E-state index contributed by atoms with van der Waals surface area (Å²) in [5.41, 5.74) is 1.97. The highest BCUT2D eigenvalue weighted by molar-refractivity contribution is 5.92. The molecule has 5 heteroatoms. The highest BCUT2D eigenvalue weighted by Gasteiger charge is 2.10. The maximum Gasteiger partial charge on any atom is 0.286 e. The third-order valence-corrected chi connectivity index (χ3v) is 3.47. The average Bonchev–Trinajstić information content (AvgIpc) is 3.06. The number of hydrogen-bond donors (Lipinski definition) is 2. The van der Waals surface area contributed by atoms with Crippen LogP contribution in [-0.4, -0.2) is 18.4 Å². The molecule has 0 aliphatic heterocycles. The van der Waals surface area contributed by atoms with Crippen LogP contribution in [0.25, 0.3) is 0 Å². The number of carbonyl (C=O) groups excluding carboxylic acids is 2. The van der Waals surface area contributed by atoms with Crippen molar-refractivity contribution in [3.05, 3.63) is 54.0 Å². The minimum atomic E-state index is -0.263. The Labute approximate surface area is 136 Å². The van der Waals surface area contributed by atoms with Crippen molar-refractivity contribution >= 4 is 17.5 Å². The van der Waals surface area contributed by atoms with Crippen LogP contribution in [0.1, 0.15) is 48.7 Å². The molecule has 23 heavy (non-hydrogen) atoms. The second-order valence-electron chi connectivity index (χ2n) is 5.63. The lowest BCUT2D eigenvalue weighted by molar-refractivity contribution is -0.116. The number of carbonyl (C=O) groups is 2. The van der Waals surface area contributed by atoms with Gasteiger partial charge in [0, 0.05) is 18.7 Å². The first-order chi connectivity index (χ1) is 11.1. The predicted octanol–water partition coefficient (Wildman–Crippen LogP) is 3.55. The van der Waals surface area contributed by atoms with E-state index in [-0.39, 0.29) is 17.6 Å². The summed E-state index contributed by atoms with van der Waals surface area (Å²) < 4.78 is 5.00. The van der Waals surface area contributed by atoms with E-state index in [0.29, 0.717) is 25.3 Å². The molecule has 122 valence electrons. The predicted molar refractivity (Wildman–Crippen MR) is 89.4 cm³/mol. The third-order valence-electron chi connectivity index (χ3n) is 3.47. The molecule has 1 aromatic heterocycles. The number of nitrogens with one attached hydrogen (secondary N) is 2. The van der Waals surface area contributed by atoms with E-state index in [1.165, 1.54) is 6.26 Å². The van der Waals surface area contributed by atoms with E-state index in [0.717, 1.165) is 11.3 Å². The van der Waals surface area contributed by atoms with E-state index in [1.54, 1.807) is 12.1 Å². The second kappa shape index (κ2) is 8.17. The summed E-state index contributed by atoms with van der Waals surface area (Å²) >= 11 is 0. The molecule has 5 nitrogen and oxygen atoms in total. The topological polar surface area (TPSA) is 71.3 Å². The number of para-hydroxylation sites is 1. The highest BCUT2D eigenvalue weighted by Crippen LogP contribution is 2.23. The summed E-state index contributed by atoms with van der Waals surface area (Å²) in [7, 11) is 0. The summed E-state index contributed by atoms with van der Waals surface area (Å²) in [5.74, 6) is 0.310. The Morgan fingerprint density at radius 3 is 2.61 bits per heavy atom. The van der Waals surface area contributed by atoms with Gasteiger partial charge in [-0.3, -0.25) is 9.59 Å². The minimum Gasteiger partial charge on any atom is -0.459 e. The molecule has 0 fully saturated rings. The molecular formula is C18H22N2O3. The summed E-state index contributed by atoms with van der Waals surface area (Å²) in [6.07, 6.45) is 2.38. The van der Waals surface area contributed by atoms with Gasteiger partial charge in [-0.1, -0.05) is 32.0 Å². The summed E-state index contributed by atoms with van der Waals surface area (Å²) in [6, 6.07) is 11.1. The molecule has 0 unspecified atom stereocenters. The van der Waals surface area contributed by atoms with Gasteiger partial charge in [-0.15, -0.1) is 0 Å². The van der Waals surface area contributed by atoms with Gasteiger partial charge in [-0.05, 0) is 36.1 Å². The zero-order valence-corrected chi connectivity index (χ0v) is 13.5. The van der Waals surface area contributed by atoms with Crippen LogP contribution in [0.3, 0.4) is 0 Å². The molecule has 1 aromatic carbocycles. The van der Waals surface area contributed by atoms with Crippen LogP contribution in [0.2, 0.25) is 0 Å². The van der Waals surface area contributed by atoms with Gasteiger partial charge < -0.3 is 15.1 Å². The molecule has 2 aromatic rings. The Balaban J connectivity index is 1.74. The number of furan rings is 1. The first kappa shape index (κ1) is 16.8. The van der Waals surface area contributed by atoms with Gasteiger partial charge in [0.25, 0.3) is 5.91 Å². The van der Waals surface area contributed by atoms with Crippen LogP contribution < -0.4 is 10.6 Å². The normalized spacial score (nSPS) is 10.6. The van der Waals surface area contributed by atoms with E-state index in [2.05, 4.69) is 24.5 Å². The van der Waals surface area contributed by atoms with E-state index in [1.807, 2.05) is 24.3 Å². The van der Waals surface area contributed by atoms with E-state index >= 15 is 0 Å². The summed E-state index contributed by atoms with van der Waals surface area (Å²) in [4.78, 5) is 23.7. The first-order valence-corrected chi connectivity index (χ1v) is 7.78. The van der Waals surface area contributed by atoms with Crippen molar-refractivity contribution in [2.45, 2.75) is 32.6 Å². The third kappa shape index (κ3) is 4.98. The SMILES string of the molecule is CC(C)c1ccccc1NC(=O)CCCNC(=O)c1ccco1.